The number of ketones is 1. The zero-order valence-electron chi connectivity index (χ0n) is 17.4. The Hall–Kier alpha value is -0.670. The van der Waals surface area contributed by atoms with Crippen molar-refractivity contribution in [2.24, 2.45) is 41.4 Å². The Bertz CT molecular complexity index is 617. The first-order chi connectivity index (χ1) is 12.2. The maximum Gasteiger partial charge on any atom is 0.163 e. The molecular weight excluding hydrogens is 324 g/mol. The fourth-order valence-electron chi connectivity index (χ4n) is 6.55. The lowest BCUT2D eigenvalue weighted by Crippen LogP contribution is -2.58. The van der Waals surface area contributed by atoms with E-state index in [1.807, 2.05) is 13.8 Å². The van der Waals surface area contributed by atoms with Gasteiger partial charge < -0.3 is 9.47 Å². The summed E-state index contributed by atoms with van der Waals surface area (Å²) in [5, 5.41) is 0. The average molecular weight is 361 g/mol. The lowest BCUT2D eigenvalue weighted by atomic mass is 9.52. The molecule has 3 fully saturated rings. The maximum absolute atomic E-state index is 13.1. The second-order valence-electron chi connectivity index (χ2n) is 10.2. The van der Waals surface area contributed by atoms with Crippen LogP contribution in [0.2, 0.25) is 0 Å². The molecule has 7 atom stereocenters. The van der Waals surface area contributed by atoms with Crippen molar-refractivity contribution >= 4 is 5.78 Å². The zero-order valence-corrected chi connectivity index (χ0v) is 17.4. The Morgan fingerprint density at radius 3 is 2.65 bits per heavy atom. The molecule has 0 amide bonds. The summed E-state index contributed by atoms with van der Waals surface area (Å²) in [5.41, 5.74) is 3.27. The van der Waals surface area contributed by atoms with Gasteiger partial charge in [0.25, 0.3) is 0 Å². The molecule has 2 saturated carbocycles. The topological polar surface area (TPSA) is 35.5 Å². The Kier molecular flexibility index (Phi) is 4.63. The highest BCUT2D eigenvalue weighted by Gasteiger charge is 2.55. The van der Waals surface area contributed by atoms with E-state index in [1.54, 1.807) is 11.1 Å². The van der Waals surface area contributed by atoms with Crippen LogP contribution in [0.15, 0.2) is 11.1 Å². The van der Waals surface area contributed by atoms with Gasteiger partial charge in [0.1, 0.15) is 5.78 Å². The van der Waals surface area contributed by atoms with Crippen LogP contribution in [0.3, 0.4) is 0 Å². The van der Waals surface area contributed by atoms with Crippen molar-refractivity contribution in [1.82, 2.24) is 0 Å². The Labute approximate surface area is 158 Å². The molecule has 0 radical (unpaired) electrons. The molecule has 1 aliphatic heterocycles. The first-order valence-corrected chi connectivity index (χ1v) is 10.7. The minimum atomic E-state index is -0.510. The van der Waals surface area contributed by atoms with Crippen LogP contribution in [0.4, 0.5) is 0 Å². The molecule has 3 nitrogen and oxygen atoms in total. The van der Waals surface area contributed by atoms with Crippen LogP contribution in [0.25, 0.3) is 0 Å². The third-order valence-corrected chi connectivity index (χ3v) is 7.97. The van der Waals surface area contributed by atoms with Gasteiger partial charge in [-0.2, -0.15) is 0 Å². The minimum absolute atomic E-state index is 0.151. The number of ether oxygens (including phenoxy) is 2. The van der Waals surface area contributed by atoms with Crippen LogP contribution < -0.4 is 0 Å². The molecule has 0 aromatic heterocycles. The predicted molar refractivity (Wildman–Crippen MR) is 103 cm³/mol. The predicted octanol–water partition coefficient (Wildman–Crippen LogP) is 5.00. The van der Waals surface area contributed by atoms with E-state index in [0.717, 1.165) is 32.3 Å². The second-order valence-corrected chi connectivity index (χ2v) is 10.2. The number of rotatable bonds is 1. The second kappa shape index (κ2) is 6.44. The number of carbonyl (C=O) groups is 1. The van der Waals surface area contributed by atoms with Gasteiger partial charge in [0.05, 0.1) is 12.7 Å². The summed E-state index contributed by atoms with van der Waals surface area (Å²) in [6.45, 7) is 14.0. The van der Waals surface area contributed by atoms with E-state index in [0.29, 0.717) is 41.3 Å². The van der Waals surface area contributed by atoms with Crippen LogP contribution in [0.5, 0.6) is 0 Å². The van der Waals surface area contributed by atoms with Crippen LogP contribution in [0.1, 0.15) is 67.2 Å². The smallest absolute Gasteiger partial charge is 0.163 e. The molecule has 4 rings (SSSR count). The van der Waals surface area contributed by atoms with Gasteiger partial charge in [0.15, 0.2) is 5.79 Å². The highest BCUT2D eigenvalue weighted by atomic mass is 16.7. The van der Waals surface area contributed by atoms with E-state index >= 15 is 0 Å². The van der Waals surface area contributed by atoms with Crippen LogP contribution >= 0.6 is 0 Å². The fraction of sp³-hybridized carbons (Fsp3) is 0.870. The number of Topliss-reactive ketones (excluding diaryl/α,β-unsaturated/α-hetero) is 1. The highest BCUT2D eigenvalue weighted by Crippen LogP contribution is 2.57. The monoisotopic (exact) mass is 360 g/mol. The molecule has 3 aliphatic carbocycles. The SMILES string of the molecule is CC1=C2[C@H]3[C@@H](CC1)[C@@H](C)C(=O)C[C@H](C(C)C)[C@@H]2C[C@H]1COC(C)(C)O[C@H]13. The van der Waals surface area contributed by atoms with Crippen LogP contribution in [-0.2, 0) is 14.3 Å². The molecule has 4 aliphatic rings. The van der Waals surface area contributed by atoms with Gasteiger partial charge in [-0.25, -0.2) is 0 Å². The molecule has 0 aromatic rings. The Morgan fingerprint density at radius 2 is 1.96 bits per heavy atom. The third-order valence-electron chi connectivity index (χ3n) is 7.97. The average Bonchev–Trinajstić information content (AvgIpc) is 2.57. The van der Waals surface area contributed by atoms with Crippen LogP contribution in [0, 0.1) is 41.4 Å². The summed E-state index contributed by atoms with van der Waals surface area (Å²) in [6.07, 6.45) is 4.40. The zero-order chi connectivity index (χ0) is 18.8. The van der Waals surface area contributed by atoms with Gasteiger partial charge in [0.2, 0.25) is 0 Å². The maximum atomic E-state index is 13.1. The molecule has 1 heterocycles. The Balaban J connectivity index is 1.83. The fourth-order valence-corrected chi connectivity index (χ4v) is 6.55. The van der Waals surface area contributed by atoms with E-state index < -0.39 is 5.79 Å². The van der Waals surface area contributed by atoms with Gasteiger partial charge in [-0.3, -0.25) is 4.79 Å². The van der Waals surface area contributed by atoms with Crippen molar-refractivity contribution < 1.29 is 14.3 Å². The number of hydrogen-bond donors (Lipinski definition) is 0. The van der Waals surface area contributed by atoms with E-state index in [4.69, 9.17) is 9.47 Å². The molecule has 26 heavy (non-hydrogen) atoms. The lowest BCUT2D eigenvalue weighted by Gasteiger charge is -2.57. The molecule has 0 unspecified atom stereocenters. The standard InChI is InChI=1S/C23H36O3/c1-12(2)17-10-19(24)14(4)16-8-7-13(3)20-18(17)9-15-11-25-23(5,6)26-22(15)21(16)20/h12,14-18,21-22H,7-11H2,1-6H3/t14-,15+,16+,17-,18+,21-,22-/m1/s1. The quantitative estimate of drug-likeness (QED) is 0.618. The summed E-state index contributed by atoms with van der Waals surface area (Å²) in [6, 6.07) is 0. The highest BCUT2D eigenvalue weighted by molar-refractivity contribution is 5.81. The number of hydrogen-bond acceptors (Lipinski definition) is 3. The largest absolute Gasteiger partial charge is 0.350 e. The molecule has 1 saturated heterocycles. The first-order valence-electron chi connectivity index (χ1n) is 10.7. The van der Waals surface area contributed by atoms with Crippen molar-refractivity contribution in [2.75, 3.05) is 6.61 Å². The first kappa shape index (κ1) is 18.7. The molecule has 0 N–H and O–H groups in total. The molecule has 146 valence electrons. The summed E-state index contributed by atoms with van der Waals surface area (Å²) in [4.78, 5) is 13.1. The molecule has 0 spiro atoms. The van der Waals surface area contributed by atoms with Crippen molar-refractivity contribution in [3.63, 3.8) is 0 Å². The van der Waals surface area contributed by atoms with Gasteiger partial charge in [-0.05, 0) is 63.7 Å². The van der Waals surface area contributed by atoms with Crippen molar-refractivity contribution in [3.8, 4) is 0 Å². The number of carbonyl (C=O) groups excluding carboxylic acids is 1. The molecule has 4 bridgehead atoms. The summed E-state index contributed by atoms with van der Waals surface area (Å²) in [5.74, 6) is 3.00. The van der Waals surface area contributed by atoms with Gasteiger partial charge in [-0.1, -0.05) is 31.9 Å². The molecule has 3 heteroatoms. The Morgan fingerprint density at radius 1 is 1.23 bits per heavy atom. The van der Waals surface area contributed by atoms with Crippen molar-refractivity contribution in [3.05, 3.63) is 11.1 Å². The van der Waals surface area contributed by atoms with Gasteiger partial charge >= 0.3 is 0 Å². The summed E-state index contributed by atoms with van der Waals surface area (Å²) >= 11 is 0. The molecular formula is C23H36O3. The third kappa shape index (κ3) is 2.90. The number of allylic oxidation sites excluding steroid dienone is 1. The van der Waals surface area contributed by atoms with E-state index in [-0.39, 0.29) is 12.0 Å². The van der Waals surface area contributed by atoms with Crippen molar-refractivity contribution in [2.45, 2.75) is 79.1 Å². The normalized spacial score (nSPS) is 45.2. The van der Waals surface area contributed by atoms with Gasteiger partial charge in [0, 0.05) is 24.2 Å². The van der Waals surface area contributed by atoms with Crippen molar-refractivity contribution in [1.29, 1.82) is 0 Å². The van der Waals surface area contributed by atoms with E-state index in [1.165, 1.54) is 0 Å². The van der Waals surface area contributed by atoms with E-state index in [2.05, 4.69) is 27.7 Å². The summed E-state index contributed by atoms with van der Waals surface area (Å²) in [7, 11) is 0. The van der Waals surface area contributed by atoms with E-state index in [9.17, 15) is 4.79 Å². The van der Waals surface area contributed by atoms with Gasteiger partial charge in [-0.15, -0.1) is 0 Å². The molecule has 0 aromatic carbocycles. The minimum Gasteiger partial charge on any atom is -0.350 e. The summed E-state index contributed by atoms with van der Waals surface area (Å²) < 4.78 is 12.6. The lowest BCUT2D eigenvalue weighted by molar-refractivity contribution is -0.311. The number of fused-ring (bicyclic) bond motifs is 1. The van der Waals surface area contributed by atoms with Crippen LogP contribution in [-0.4, -0.2) is 24.3 Å².